The molecule has 1 aromatic carbocycles. The Kier molecular flexibility index (Phi) is 19.7. The molecule has 0 atom stereocenters. The van der Waals surface area contributed by atoms with Crippen molar-refractivity contribution in [1.82, 2.24) is 0 Å². The molecule has 34 heavy (non-hydrogen) atoms. The van der Waals surface area contributed by atoms with E-state index in [4.69, 9.17) is 5.11 Å². The largest absolute Gasteiger partial charge is 0.507 e. The van der Waals surface area contributed by atoms with Crippen molar-refractivity contribution in [3.8, 4) is 5.75 Å². The van der Waals surface area contributed by atoms with E-state index in [0.29, 0.717) is 0 Å². The minimum Gasteiger partial charge on any atom is -0.507 e. The van der Waals surface area contributed by atoms with Crippen LogP contribution in [-0.2, 0) is 6.42 Å². The summed E-state index contributed by atoms with van der Waals surface area (Å²) in [4.78, 5) is 11.1. The first-order valence-electron chi connectivity index (χ1n) is 14.7. The number of hydrogen-bond donors (Lipinski definition) is 2. The molecule has 0 spiro atoms. The summed E-state index contributed by atoms with van der Waals surface area (Å²) in [6.45, 7) is 2.29. The van der Waals surface area contributed by atoms with Crippen molar-refractivity contribution in [2.45, 2.75) is 155 Å². The number of aromatic hydroxyl groups is 1. The highest BCUT2D eigenvalue weighted by Gasteiger charge is 2.12. The van der Waals surface area contributed by atoms with Gasteiger partial charge in [-0.15, -0.1) is 0 Å². The molecule has 0 radical (unpaired) electrons. The van der Waals surface area contributed by atoms with E-state index in [0.717, 1.165) is 24.8 Å². The first-order valence-corrected chi connectivity index (χ1v) is 14.7. The van der Waals surface area contributed by atoms with Gasteiger partial charge in [-0.2, -0.15) is 0 Å². The van der Waals surface area contributed by atoms with Crippen LogP contribution in [0, 0.1) is 0 Å². The fraction of sp³-hybridized carbons (Fsp3) is 0.774. The third kappa shape index (κ3) is 16.2. The van der Waals surface area contributed by atoms with E-state index in [1.807, 2.05) is 6.07 Å². The zero-order chi connectivity index (χ0) is 24.7. The lowest BCUT2D eigenvalue weighted by Crippen LogP contribution is -1.99. The number of rotatable bonds is 24. The van der Waals surface area contributed by atoms with Crippen LogP contribution in [0.4, 0.5) is 0 Å². The monoisotopic (exact) mass is 474 g/mol. The number of aryl methyl sites for hydroxylation is 1. The van der Waals surface area contributed by atoms with Crippen molar-refractivity contribution in [3.05, 3.63) is 29.3 Å². The molecule has 0 aliphatic carbocycles. The number of aromatic carboxylic acids is 1. The molecule has 0 aromatic heterocycles. The van der Waals surface area contributed by atoms with E-state index in [1.54, 1.807) is 6.07 Å². The van der Waals surface area contributed by atoms with Crippen LogP contribution in [0.2, 0.25) is 0 Å². The second-order valence-electron chi connectivity index (χ2n) is 10.3. The molecule has 196 valence electrons. The third-order valence-corrected chi connectivity index (χ3v) is 7.15. The molecular formula is C31H54O3. The predicted octanol–water partition coefficient (Wildman–Crippen LogP) is 10.2. The van der Waals surface area contributed by atoms with Crippen LogP contribution in [0.5, 0.6) is 5.75 Å². The number of phenols is 1. The molecule has 0 unspecified atom stereocenters. The summed E-state index contributed by atoms with van der Waals surface area (Å²) in [6, 6.07) is 5.01. The second-order valence-corrected chi connectivity index (χ2v) is 10.3. The van der Waals surface area contributed by atoms with Crippen LogP contribution in [0.25, 0.3) is 0 Å². The van der Waals surface area contributed by atoms with Gasteiger partial charge in [0.05, 0.1) is 0 Å². The zero-order valence-corrected chi connectivity index (χ0v) is 22.3. The summed E-state index contributed by atoms with van der Waals surface area (Å²) in [7, 11) is 0. The highest BCUT2D eigenvalue weighted by atomic mass is 16.4. The van der Waals surface area contributed by atoms with E-state index < -0.39 is 5.97 Å². The number of benzene rings is 1. The summed E-state index contributed by atoms with van der Waals surface area (Å²) in [5, 5.41) is 19.1. The molecule has 3 nitrogen and oxygen atoms in total. The summed E-state index contributed by atoms with van der Waals surface area (Å²) in [6.07, 6.45) is 31.0. The Morgan fingerprint density at radius 1 is 0.588 bits per heavy atom. The first kappa shape index (κ1) is 30.5. The molecule has 1 aromatic rings. The minimum atomic E-state index is -1.06. The average Bonchev–Trinajstić information content (AvgIpc) is 2.83. The van der Waals surface area contributed by atoms with Crippen molar-refractivity contribution in [2.75, 3.05) is 0 Å². The van der Waals surface area contributed by atoms with Crippen molar-refractivity contribution in [2.24, 2.45) is 0 Å². The topological polar surface area (TPSA) is 57.5 Å². The van der Waals surface area contributed by atoms with Gasteiger partial charge < -0.3 is 10.2 Å². The van der Waals surface area contributed by atoms with Crippen LogP contribution in [0.15, 0.2) is 18.2 Å². The number of carboxylic acid groups (broad SMARTS) is 1. The normalized spacial score (nSPS) is 11.2. The van der Waals surface area contributed by atoms with Crippen molar-refractivity contribution in [1.29, 1.82) is 0 Å². The van der Waals surface area contributed by atoms with Gasteiger partial charge in [0, 0.05) is 0 Å². The molecule has 2 N–H and O–H groups in total. The molecule has 0 amide bonds. The Hall–Kier alpha value is -1.51. The summed E-state index contributed by atoms with van der Waals surface area (Å²) in [5.74, 6) is -1.12. The molecule has 0 heterocycles. The Labute approximate surface area is 210 Å². The number of carbonyl (C=O) groups is 1. The molecule has 0 aliphatic rings. The molecule has 0 saturated carbocycles. The second kappa shape index (κ2) is 22.0. The van der Waals surface area contributed by atoms with Crippen molar-refractivity contribution < 1.29 is 15.0 Å². The summed E-state index contributed by atoms with van der Waals surface area (Å²) >= 11 is 0. The van der Waals surface area contributed by atoms with Gasteiger partial charge >= 0.3 is 5.97 Å². The SMILES string of the molecule is CCCCCCCCCCCCCCCCCCCCCCCCc1cccc(C(=O)O)c1O. The van der Waals surface area contributed by atoms with E-state index in [-0.39, 0.29) is 11.3 Å². The van der Waals surface area contributed by atoms with Gasteiger partial charge in [0.1, 0.15) is 11.3 Å². The predicted molar refractivity (Wildman–Crippen MR) is 146 cm³/mol. The third-order valence-electron chi connectivity index (χ3n) is 7.15. The molecule has 0 fully saturated rings. The van der Waals surface area contributed by atoms with Gasteiger partial charge in [0.15, 0.2) is 0 Å². The number of hydrogen-bond acceptors (Lipinski definition) is 2. The van der Waals surface area contributed by atoms with E-state index >= 15 is 0 Å². The first-order chi connectivity index (χ1) is 16.7. The quantitative estimate of drug-likeness (QED) is 0.146. The molecular weight excluding hydrogens is 420 g/mol. The fourth-order valence-corrected chi connectivity index (χ4v) is 4.89. The van der Waals surface area contributed by atoms with E-state index in [1.165, 1.54) is 134 Å². The van der Waals surface area contributed by atoms with Crippen molar-refractivity contribution in [3.63, 3.8) is 0 Å². The molecule has 1 rings (SSSR count). The summed E-state index contributed by atoms with van der Waals surface area (Å²) < 4.78 is 0. The van der Waals surface area contributed by atoms with Gasteiger partial charge in [-0.3, -0.25) is 0 Å². The van der Waals surface area contributed by atoms with Crippen LogP contribution in [0.1, 0.15) is 164 Å². The average molecular weight is 475 g/mol. The highest BCUT2D eigenvalue weighted by Crippen LogP contribution is 2.24. The van der Waals surface area contributed by atoms with Gasteiger partial charge in [0.2, 0.25) is 0 Å². The Bertz CT molecular complexity index is 611. The number of para-hydroxylation sites is 1. The van der Waals surface area contributed by atoms with Crippen LogP contribution in [0.3, 0.4) is 0 Å². The van der Waals surface area contributed by atoms with Crippen LogP contribution in [-0.4, -0.2) is 16.2 Å². The fourth-order valence-electron chi connectivity index (χ4n) is 4.89. The van der Waals surface area contributed by atoms with Gasteiger partial charge in [0.25, 0.3) is 0 Å². The maximum absolute atomic E-state index is 11.1. The minimum absolute atomic E-state index is 0.0105. The summed E-state index contributed by atoms with van der Waals surface area (Å²) in [5.41, 5.74) is 0.768. The lowest BCUT2D eigenvalue weighted by atomic mass is 10.0. The maximum atomic E-state index is 11.1. The van der Waals surface area contributed by atoms with Crippen LogP contribution < -0.4 is 0 Å². The smallest absolute Gasteiger partial charge is 0.339 e. The molecule has 0 aliphatic heterocycles. The van der Waals surface area contributed by atoms with E-state index in [9.17, 15) is 9.90 Å². The molecule has 0 bridgehead atoms. The Balaban J connectivity index is 1.79. The van der Waals surface area contributed by atoms with Gasteiger partial charge in [-0.05, 0) is 24.5 Å². The van der Waals surface area contributed by atoms with Crippen molar-refractivity contribution >= 4 is 5.97 Å². The van der Waals surface area contributed by atoms with Gasteiger partial charge in [-0.1, -0.05) is 154 Å². The van der Waals surface area contributed by atoms with Crippen LogP contribution >= 0.6 is 0 Å². The lowest BCUT2D eigenvalue weighted by Gasteiger charge is -2.07. The number of unbranched alkanes of at least 4 members (excludes halogenated alkanes) is 21. The maximum Gasteiger partial charge on any atom is 0.339 e. The highest BCUT2D eigenvalue weighted by molar-refractivity contribution is 5.91. The standard InChI is InChI=1S/C31H54O3/c1-2-3-4-5-6-7-8-9-10-11-12-13-14-15-16-17-18-19-20-21-22-23-25-28-26-24-27-29(30(28)32)31(33)34/h24,26-27,32H,2-23,25H2,1H3,(H,33,34). The van der Waals surface area contributed by atoms with E-state index in [2.05, 4.69) is 6.92 Å². The number of carboxylic acids is 1. The lowest BCUT2D eigenvalue weighted by molar-refractivity contribution is 0.0693. The molecule has 3 heteroatoms. The van der Waals surface area contributed by atoms with Gasteiger partial charge in [-0.25, -0.2) is 4.79 Å². The Morgan fingerprint density at radius 3 is 1.29 bits per heavy atom. The molecule has 0 saturated heterocycles. The zero-order valence-electron chi connectivity index (χ0n) is 22.3. The Morgan fingerprint density at radius 2 is 0.941 bits per heavy atom.